The molecule has 1 aromatic carbocycles. The van der Waals surface area contributed by atoms with Gasteiger partial charge >= 0.3 is 0 Å². The molecule has 2 heteroatoms. The van der Waals surface area contributed by atoms with Gasteiger partial charge in [-0.2, -0.15) is 0 Å². The smallest absolute Gasteiger partial charge is 0.0795 e. The van der Waals surface area contributed by atoms with Gasteiger partial charge < -0.3 is 5.11 Å². The fraction of sp³-hybridized carbons (Fsp3) is 0.538. The molecule has 0 bridgehead atoms. The van der Waals surface area contributed by atoms with E-state index in [4.69, 9.17) is 0 Å². The zero-order valence-electron chi connectivity index (χ0n) is 9.31. The summed E-state index contributed by atoms with van der Waals surface area (Å²) >= 11 is 3.57. The highest BCUT2D eigenvalue weighted by Gasteiger charge is 2.21. The molecule has 0 radical (unpaired) electrons. The normalized spacial score (nSPS) is 20.9. The molecule has 0 amide bonds. The van der Waals surface area contributed by atoms with Crippen molar-refractivity contribution >= 4 is 15.9 Å². The van der Waals surface area contributed by atoms with Gasteiger partial charge in [-0.1, -0.05) is 22.4 Å². The Bertz CT molecular complexity index is 385. The molecular formula is C13H17BrO. The van der Waals surface area contributed by atoms with Crippen LogP contribution >= 0.6 is 15.9 Å². The Morgan fingerprint density at radius 3 is 2.80 bits per heavy atom. The summed E-state index contributed by atoms with van der Waals surface area (Å²) in [5, 5.41) is 10.2. The van der Waals surface area contributed by atoms with E-state index in [2.05, 4.69) is 35.8 Å². The van der Waals surface area contributed by atoms with Crippen LogP contribution in [0.5, 0.6) is 0 Å². The van der Waals surface area contributed by atoms with E-state index < -0.39 is 0 Å². The van der Waals surface area contributed by atoms with Crippen LogP contribution in [0.3, 0.4) is 0 Å². The highest BCUT2D eigenvalue weighted by atomic mass is 79.9. The van der Waals surface area contributed by atoms with Crippen LogP contribution in [0.4, 0.5) is 0 Å². The minimum Gasteiger partial charge on any atom is -0.388 e. The molecule has 0 saturated carbocycles. The largest absolute Gasteiger partial charge is 0.388 e. The molecule has 15 heavy (non-hydrogen) atoms. The van der Waals surface area contributed by atoms with Crippen molar-refractivity contribution in [3.05, 3.63) is 32.8 Å². The molecule has 0 spiro atoms. The van der Waals surface area contributed by atoms with Gasteiger partial charge in [0.1, 0.15) is 0 Å². The van der Waals surface area contributed by atoms with E-state index in [-0.39, 0.29) is 6.10 Å². The van der Waals surface area contributed by atoms with Crippen molar-refractivity contribution in [1.82, 2.24) is 0 Å². The second-order valence-corrected chi connectivity index (χ2v) is 5.31. The molecular weight excluding hydrogens is 252 g/mol. The predicted molar refractivity (Wildman–Crippen MR) is 66.1 cm³/mol. The zero-order chi connectivity index (χ0) is 11.0. The standard InChI is InChI=1S/C13H17BrO/c1-8-7-11(14)9(2)13-10(8)5-3-4-6-12(13)15/h7,12,15H,3-6H2,1-2H3/t12-/m1/s1. The molecule has 1 aromatic rings. The van der Waals surface area contributed by atoms with Crippen LogP contribution in [-0.4, -0.2) is 5.11 Å². The van der Waals surface area contributed by atoms with E-state index in [1.165, 1.54) is 28.7 Å². The van der Waals surface area contributed by atoms with Gasteiger partial charge in [-0.15, -0.1) is 0 Å². The quantitative estimate of drug-likeness (QED) is 0.710. The highest BCUT2D eigenvalue weighted by Crippen LogP contribution is 2.36. The summed E-state index contributed by atoms with van der Waals surface area (Å²) in [6.45, 7) is 4.23. The summed E-state index contributed by atoms with van der Waals surface area (Å²) in [6, 6.07) is 2.17. The van der Waals surface area contributed by atoms with Crippen molar-refractivity contribution in [2.24, 2.45) is 0 Å². The first-order valence-electron chi connectivity index (χ1n) is 5.58. The third kappa shape index (κ3) is 1.98. The molecule has 82 valence electrons. The van der Waals surface area contributed by atoms with Crippen LogP contribution in [0.15, 0.2) is 10.5 Å². The Morgan fingerprint density at radius 1 is 1.33 bits per heavy atom. The number of halogens is 1. The molecule has 0 aliphatic heterocycles. The number of aliphatic hydroxyl groups is 1. The molecule has 1 nitrogen and oxygen atoms in total. The Hall–Kier alpha value is -0.340. The lowest BCUT2D eigenvalue weighted by atomic mass is 9.92. The molecule has 0 fully saturated rings. The summed E-state index contributed by atoms with van der Waals surface area (Å²) in [6.07, 6.45) is 4.09. The molecule has 0 aromatic heterocycles. The van der Waals surface area contributed by atoms with Crippen molar-refractivity contribution in [2.45, 2.75) is 45.6 Å². The van der Waals surface area contributed by atoms with Crippen molar-refractivity contribution in [3.8, 4) is 0 Å². The third-order valence-electron chi connectivity index (χ3n) is 3.39. The first kappa shape index (κ1) is 11.2. The van der Waals surface area contributed by atoms with Gasteiger partial charge in [0.2, 0.25) is 0 Å². The number of hydrogen-bond acceptors (Lipinski definition) is 1. The number of aliphatic hydroxyl groups excluding tert-OH is 1. The van der Waals surface area contributed by atoms with Gasteiger partial charge in [0.15, 0.2) is 0 Å². The molecule has 0 unspecified atom stereocenters. The Kier molecular flexibility index (Phi) is 3.17. The van der Waals surface area contributed by atoms with Crippen LogP contribution in [0, 0.1) is 13.8 Å². The Morgan fingerprint density at radius 2 is 2.07 bits per heavy atom. The van der Waals surface area contributed by atoms with E-state index in [1.54, 1.807) is 0 Å². The average molecular weight is 269 g/mol. The summed E-state index contributed by atoms with van der Waals surface area (Å²) < 4.78 is 1.12. The maximum atomic E-state index is 10.2. The SMILES string of the molecule is Cc1cc(Br)c(C)c2c1CCCC[C@H]2O. The van der Waals surface area contributed by atoms with E-state index in [1.807, 2.05) is 0 Å². The lowest BCUT2D eigenvalue weighted by molar-refractivity contribution is 0.166. The first-order chi connectivity index (χ1) is 7.11. The van der Waals surface area contributed by atoms with E-state index in [9.17, 15) is 5.11 Å². The Labute approximate surface area is 99.6 Å². The van der Waals surface area contributed by atoms with Crippen molar-refractivity contribution in [2.75, 3.05) is 0 Å². The summed E-state index contributed by atoms with van der Waals surface area (Å²) in [4.78, 5) is 0. The lowest BCUT2D eigenvalue weighted by Crippen LogP contribution is -2.04. The van der Waals surface area contributed by atoms with E-state index in [0.717, 1.165) is 23.7 Å². The monoisotopic (exact) mass is 268 g/mol. The van der Waals surface area contributed by atoms with E-state index >= 15 is 0 Å². The number of benzene rings is 1. The molecule has 1 aliphatic carbocycles. The second kappa shape index (κ2) is 4.26. The summed E-state index contributed by atoms with van der Waals surface area (Å²) in [5.74, 6) is 0. The van der Waals surface area contributed by atoms with Gasteiger partial charge in [0.25, 0.3) is 0 Å². The van der Waals surface area contributed by atoms with Crippen LogP contribution in [0.1, 0.15) is 47.6 Å². The number of hydrogen-bond donors (Lipinski definition) is 1. The second-order valence-electron chi connectivity index (χ2n) is 4.45. The van der Waals surface area contributed by atoms with Crippen LogP contribution in [-0.2, 0) is 6.42 Å². The van der Waals surface area contributed by atoms with Gasteiger partial charge in [-0.25, -0.2) is 0 Å². The van der Waals surface area contributed by atoms with Crippen molar-refractivity contribution < 1.29 is 5.11 Å². The summed E-state index contributed by atoms with van der Waals surface area (Å²) in [5.41, 5.74) is 5.08. The van der Waals surface area contributed by atoms with Gasteiger partial charge in [-0.05, 0) is 61.4 Å². The van der Waals surface area contributed by atoms with Crippen LogP contribution in [0.25, 0.3) is 0 Å². The minimum absolute atomic E-state index is 0.265. The minimum atomic E-state index is -0.265. The molecule has 2 rings (SSSR count). The fourth-order valence-electron chi connectivity index (χ4n) is 2.52. The number of aryl methyl sites for hydroxylation is 1. The lowest BCUT2D eigenvalue weighted by Gasteiger charge is -2.18. The molecule has 1 N–H and O–H groups in total. The highest BCUT2D eigenvalue weighted by molar-refractivity contribution is 9.10. The van der Waals surface area contributed by atoms with Crippen molar-refractivity contribution in [3.63, 3.8) is 0 Å². The maximum Gasteiger partial charge on any atom is 0.0795 e. The molecule has 0 heterocycles. The first-order valence-corrected chi connectivity index (χ1v) is 6.37. The molecule has 1 atom stereocenters. The molecule has 0 saturated heterocycles. The number of rotatable bonds is 0. The van der Waals surface area contributed by atoms with Gasteiger partial charge in [-0.3, -0.25) is 0 Å². The van der Waals surface area contributed by atoms with Crippen LogP contribution in [0.2, 0.25) is 0 Å². The van der Waals surface area contributed by atoms with Crippen molar-refractivity contribution in [1.29, 1.82) is 0 Å². The fourth-order valence-corrected chi connectivity index (χ4v) is 3.08. The topological polar surface area (TPSA) is 20.2 Å². The maximum absolute atomic E-state index is 10.2. The number of fused-ring (bicyclic) bond motifs is 1. The van der Waals surface area contributed by atoms with Crippen LogP contribution < -0.4 is 0 Å². The average Bonchev–Trinajstić information content (AvgIpc) is 2.37. The molecule has 1 aliphatic rings. The van der Waals surface area contributed by atoms with Gasteiger partial charge in [0.05, 0.1) is 6.10 Å². The zero-order valence-corrected chi connectivity index (χ0v) is 10.9. The van der Waals surface area contributed by atoms with Gasteiger partial charge in [0, 0.05) is 4.47 Å². The Balaban J connectivity index is 2.63. The third-order valence-corrected chi connectivity index (χ3v) is 4.22. The summed E-state index contributed by atoms with van der Waals surface area (Å²) in [7, 11) is 0. The predicted octanol–water partition coefficient (Wildman–Crippen LogP) is 3.83. The van der Waals surface area contributed by atoms with E-state index in [0.29, 0.717) is 0 Å².